The van der Waals surface area contributed by atoms with Crippen molar-refractivity contribution in [1.29, 1.82) is 0 Å². The third kappa shape index (κ3) is 2.53. The van der Waals surface area contributed by atoms with E-state index in [2.05, 4.69) is 20.9 Å². The summed E-state index contributed by atoms with van der Waals surface area (Å²) in [7, 11) is 1.55. The van der Waals surface area contributed by atoms with Gasteiger partial charge < -0.3 is 4.74 Å². The fourth-order valence-electron chi connectivity index (χ4n) is 1.52. The van der Waals surface area contributed by atoms with Crippen LogP contribution in [0.5, 0.6) is 5.75 Å². The molecule has 0 N–H and O–H groups in total. The zero-order valence-corrected chi connectivity index (χ0v) is 10.8. The van der Waals surface area contributed by atoms with Gasteiger partial charge in [0.1, 0.15) is 5.75 Å². The van der Waals surface area contributed by atoms with E-state index in [0.29, 0.717) is 16.9 Å². The van der Waals surface area contributed by atoms with Gasteiger partial charge in [0.05, 0.1) is 12.7 Å². The Kier molecular flexibility index (Phi) is 3.54. The molecule has 0 aliphatic rings. The van der Waals surface area contributed by atoms with E-state index in [0.717, 1.165) is 4.47 Å². The topological polar surface area (TPSA) is 39.2 Å². The molecule has 2 rings (SSSR count). The zero-order valence-electron chi connectivity index (χ0n) is 9.18. The minimum Gasteiger partial charge on any atom is -0.496 e. The molecule has 1 heterocycles. The van der Waals surface area contributed by atoms with Gasteiger partial charge in [-0.3, -0.25) is 9.78 Å². The van der Waals surface area contributed by atoms with Crippen LogP contribution in [0.15, 0.2) is 47.2 Å². The highest BCUT2D eigenvalue weighted by atomic mass is 79.9. The summed E-state index contributed by atoms with van der Waals surface area (Å²) in [5.74, 6) is 0.487. The van der Waals surface area contributed by atoms with E-state index in [9.17, 15) is 4.79 Å². The Morgan fingerprint density at radius 2 is 1.94 bits per heavy atom. The van der Waals surface area contributed by atoms with Crippen LogP contribution in [-0.2, 0) is 0 Å². The molecule has 3 nitrogen and oxygen atoms in total. The maximum absolute atomic E-state index is 12.2. The van der Waals surface area contributed by atoms with Gasteiger partial charge in [0, 0.05) is 22.4 Å². The number of carbonyl (C=O) groups excluding carboxylic acids is 1. The third-order valence-corrected chi connectivity index (χ3v) is 2.84. The Hall–Kier alpha value is -1.68. The maximum atomic E-state index is 12.2. The maximum Gasteiger partial charge on any atom is 0.196 e. The highest BCUT2D eigenvalue weighted by Crippen LogP contribution is 2.25. The smallest absolute Gasteiger partial charge is 0.196 e. The normalized spacial score (nSPS) is 10.0. The zero-order chi connectivity index (χ0) is 12.3. The summed E-state index contributed by atoms with van der Waals surface area (Å²) in [6.07, 6.45) is 3.19. The van der Waals surface area contributed by atoms with Crippen LogP contribution in [0.25, 0.3) is 0 Å². The summed E-state index contributed by atoms with van der Waals surface area (Å²) >= 11 is 3.35. The second kappa shape index (κ2) is 5.10. The van der Waals surface area contributed by atoms with Crippen molar-refractivity contribution < 1.29 is 9.53 Å². The molecule has 0 saturated carbocycles. The number of nitrogens with zero attached hydrogens (tertiary/aromatic N) is 1. The van der Waals surface area contributed by atoms with E-state index in [1.54, 1.807) is 43.8 Å². The number of methoxy groups -OCH3 is 1. The highest BCUT2D eigenvalue weighted by Gasteiger charge is 2.14. The van der Waals surface area contributed by atoms with Crippen LogP contribution >= 0.6 is 15.9 Å². The molecule has 2 aromatic rings. The molecule has 1 aromatic carbocycles. The van der Waals surface area contributed by atoms with Crippen molar-refractivity contribution in [3.63, 3.8) is 0 Å². The van der Waals surface area contributed by atoms with Crippen molar-refractivity contribution in [3.8, 4) is 5.75 Å². The number of benzene rings is 1. The van der Waals surface area contributed by atoms with Crippen LogP contribution in [0.2, 0.25) is 0 Å². The summed E-state index contributed by atoms with van der Waals surface area (Å²) in [5.41, 5.74) is 1.13. The van der Waals surface area contributed by atoms with Gasteiger partial charge >= 0.3 is 0 Å². The standard InChI is InChI=1S/C13H10BrNO2/c1-17-12-3-2-10(14)8-11(12)13(16)9-4-6-15-7-5-9/h2-8H,1H3. The average molecular weight is 292 g/mol. The molecular weight excluding hydrogens is 282 g/mol. The molecule has 4 heteroatoms. The van der Waals surface area contributed by atoms with Crippen LogP contribution < -0.4 is 4.74 Å². The van der Waals surface area contributed by atoms with Crippen LogP contribution in [0, 0.1) is 0 Å². The van der Waals surface area contributed by atoms with Gasteiger partial charge in [-0.25, -0.2) is 0 Å². The van der Waals surface area contributed by atoms with E-state index < -0.39 is 0 Å². The molecule has 0 bridgehead atoms. The molecule has 0 saturated heterocycles. The molecule has 17 heavy (non-hydrogen) atoms. The van der Waals surface area contributed by atoms with Crippen molar-refractivity contribution in [2.24, 2.45) is 0 Å². The molecule has 0 radical (unpaired) electrons. The van der Waals surface area contributed by atoms with Crippen molar-refractivity contribution in [3.05, 3.63) is 58.3 Å². The van der Waals surface area contributed by atoms with E-state index in [4.69, 9.17) is 4.74 Å². The first kappa shape index (κ1) is 11.8. The van der Waals surface area contributed by atoms with Crippen molar-refractivity contribution in [2.75, 3.05) is 7.11 Å². The van der Waals surface area contributed by atoms with Gasteiger partial charge in [-0.1, -0.05) is 15.9 Å². The predicted molar refractivity (Wildman–Crippen MR) is 68.4 cm³/mol. The van der Waals surface area contributed by atoms with Crippen LogP contribution in [0.3, 0.4) is 0 Å². The van der Waals surface area contributed by atoms with Crippen molar-refractivity contribution in [2.45, 2.75) is 0 Å². The van der Waals surface area contributed by atoms with E-state index in [-0.39, 0.29) is 5.78 Å². The summed E-state index contributed by atoms with van der Waals surface area (Å²) in [4.78, 5) is 16.1. The minimum atomic E-state index is -0.0782. The molecule has 0 atom stereocenters. The van der Waals surface area contributed by atoms with Gasteiger partial charge in [0.2, 0.25) is 0 Å². The SMILES string of the molecule is COc1ccc(Br)cc1C(=O)c1ccncc1. The number of hydrogen-bond acceptors (Lipinski definition) is 3. The number of ketones is 1. The second-order valence-electron chi connectivity index (χ2n) is 3.41. The van der Waals surface area contributed by atoms with Gasteiger partial charge in [-0.15, -0.1) is 0 Å². The van der Waals surface area contributed by atoms with Crippen molar-refractivity contribution in [1.82, 2.24) is 4.98 Å². The number of rotatable bonds is 3. The summed E-state index contributed by atoms with van der Waals surface area (Å²) in [6, 6.07) is 8.72. The fourth-order valence-corrected chi connectivity index (χ4v) is 1.88. The van der Waals surface area contributed by atoms with E-state index in [1.807, 2.05) is 6.07 Å². The molecule has 0 amide bonds. The average Bonchev–Trinajstić information content (AvgIpc) is 2.39. The Balaban J connectivity index is 2.47. The van der Waals surface area contributed by atoms with E-state index >= 15 is 0 Å². The molecule has 0 unspecified atom stereocenters. The monoisotopic (exact) mass is 291 g/mol. The summed E-state index contributed by atoms with van der Waals surface area (Å²) in [5, 5.41) is 0. The number of ether oxygens (including phenoxy) is 1. The quantitative estimate of drug-likeness (QED) is 0.816. The van der Waals surface area contributed by atoms with Gasteiger partial charge in [-0.05, 0) is 30.3 Å². The van der Waals surface area contributed by atoms with Gasteiger partial charge in [-0.2, -0.15) is 0 Å². The first-order chi connectivity index (χ1) is 8.22. The largest absolute Gasteiger partial charge is 0.496 e. The number of aromatic nitrogens is 1. The van der Waals surface area contributed by atoms with Crippen LogP contribution in [0.4, 0.5) is 0 Å². The molecule has 0 spiro atoms. The number of halogens is 1. The molecule has 1 aromatic heterocycles. The number of hydrogen-bond donors (Lipinski definition) is 0. The van der Waals surface area contributed by atoms with Gasteiger partial charge in [0.15, 0.2) is 5.78 Å². The van der Waals surface area contributed by atoms with Gasteiger partial charge in [0.25, 0.3) is 0 Å². The Labute approximate surface area is 108 Å². The second-order valence-corrected chi connectivity index (χ2v) is 4.33. The summed E-state index contributed by atoms with van der Waals surface area (Å²) < 4.78 is 6.03. The molecule has 86 valence electrons. The molecule has 0 fully saturated rings. The molecule has 0 aliphatic heterocycles. The minimum absolute atomic E-state index is 0.0782. The Bertz CT molecular complexity index is 540. The van der Waals surface area contributed by atoms with Crippen molar-refractivity contribution >= 4 is 21.7 Å². The Morgan fingerprint density at radius 3 is 2.59 bits per heavy atom. The number of pyridine rings is 1. The predicted octanol–water partition coefficient (Wildman–Crippen LogP) is 3.08. The first-order valence-electron chi connectivity index (χ1n) is 5.00. The lowest BCUT2D eigenvalue weighted by atomic mass is 10.0. The number of carbonyl (C=O) groups is 1. The summed E-state index contributed by atoms with van der Waals surface area (Å²) in [6.45, 7) is 0. The van der Waals surface area contributed by atoms with Crippen LogP contribution in [0.1, 0.15) is 15.9 Å². The lowest BCUT2D eigenvalue weighted by Crippen LogP contribution is -2.04. The first-order valence-corrected chi connectivity index (χ1v) is 5.80. The lowest BCUT2D eigenvalue weighted by Gasteiger charge is -2.07. The molecule has 0 aliphatic carbocycles. The van der Waals surface area contributed by atoms with E-state index in [1.165, 1.54) is 0 Å². The highest BCUT2D eigenvalue weighted by molar-refractivity contribution is 9.10. The molecular formula is C13H10BrNO2. The fraction of sp³-hybridized carbons (Fsp3) is 0.0769. The Morgan fingerprint density at radius 1 is 1.24 bits per heavy atom. The van der Waals surface area contributed by atoms with Crippen LogP contribution in [-0.4, -0.2) is 17.9 Å². The third-order valence-electron chi connectivity index (χ3n) is 2.35. The lowest BCUT2D eigenvalue weighted by molar-refractivity contribution is 0.103.